The minimum Gasteiger partial charge on any atom is -0.353 e. The van der Waals surface area contributed by atoms with Crippen LogP contribution in [0.1, 0.15) is 25.8 Å². The largest absolute Gasteiger partial charge is 0.353 e. The molecule has 0 aliphatic carbocycles. The second-order valence-electron chi connectivity index (χ2n) is 5.59. The van der Waals surface area contributed by atoms with E-state index in [1.807, 2.05) is 35.8 Å². The summed E-state index contributed by atoms with van der Waals surface area (Å²) in [5.74, 6) is 0.123. The maximum absolute atomic E-state index is 12.3. The van der Waals surface area contributed by atoms with Crippen molar-refractivity contribution in [3.05, 3.63) is 30.6 Å². The van der Waals surface area contributed by atoms with Gasteiger partial charge in [0.15, 0.2) is 0 Å². The Morgan fingerprint density at radius 2 is 2.23 bits per heavy atom. The molecule has 2 aromatic rings. The van der Waals surface area contributed by atoms with E-state index in [2.05, 4.69) is 10.3 Å². The summed E-state index contributed by atoms with van der Waals surface area (Å²) in [6.07, 6.45) is 3.24. The maximum Gasteiger partial charge on any atom is 0.242 e. The van der Waals surface area contributed by atoms with Crippen LogP contribution in [0.3, 0.4) is 0 Å². The molecule has 116 valence electrons. The molecule has 0 spiro atoms. The third-order valence-electron chi connectivity index (χ3n) is 4.13. The number of amides is 2. The van der Waals surface area contributed by atoms with Gasteiger partial charge in [-0.05, 0) is 25.5 Å². The molecule has 1 aromatic heterocycles. The first kappa shape index (κ1) is 14.6. The lowest BCUT2D eigenvalue weighted by Gasteiger charge is -2.18. The molecular weight excluding hydrogens is 280 g/mol. The molecule has 6 heteroatoms. The molecule has 0 radical (unpaired) electrons. The first-order chi connectivity index (χ1) is 10.7. The maximum atomic E-state index is 12.3. The number of carbonyl (C=O) groups is 2. The molecule has 1 N–H and O–H groups in total. The Bertz CT molecular complexity index is 694. The molecule has 0 bridgehead atoms. The van der Waals surface area contributed by atoms with Crippen LogP contribution in [0.5, 0.6) is 0 Å². The van der Waals surface area contributed by atoms with Crippen molar-refractivity contribution in [2.75, 3.05) is 19.6 Å². The van der Waals surface area contributed by atoms with Crippen LogP contribution in [-0.2, 0) is 9.59 Å². The van der Waals surface area contributed by atoms with Crippen molar-refractivity contribution >= 4 is 22.8 Å². The Hall–Kier alpha value is -2.37. The summed E-state index contributed by atoms with van der Waals surface area (Å²) in [5, 5.41) is 2.90. The van der Waals surface area contributed by atoms with Crippen molar-refractivity contribution < 1.29 is 9.59 Å². The fourth-order valence-corrected chi connectivity index (χ4v) is 2.82. The van der Waals surface area contributed by atoms with Crippen LogP contribution in [0.25, 0.3) is 11.0 Å². The van der Waals surface area contributed by atoms with E-state index in [4.69, 9.17) is 0 Å². The Labute approximate surface area is 129 Å². The normalized spacial score (nSPS) is 16.2. The smallest absolute Gasteiger partial charge is 0.242 e. The molecule has 2 amide bonds. The van der Waals surface area contributed by atoms with Gasteiger partial charge in [-0.2, -0.15) is 0 Å². The molecule has 6 nitrogen and oxygen atoms in total. The fourth-order valence-electron chi connectivity index (χ4n) is 2.82. The SMILES string of the molecule is CC(C(=O)NCCN1CCCC1=O)n1cnc2ccccc21. The molecule has 1 aromatic carbocycles. The summed E-state index contributed by atoms with van der Waals surface area (Å²) in [6.45, 7) is 3.73. The highest BCUT2D eigenvalue weighted by atomic mass is 16.2. The van der Waals surface area contributed by atoms with E-state index in [1.54, 1.807) is 11.2 Å². The van der Waals surface area contributed by atoms with Gasteiger partial charge in [0, 0.05) is 26.1 Å². The fraction of sp³-hybridized carbons (Fsp3) is 0.438. The highest BCUT2D eigenvalue weighted by Crippen LogP contribution is 2.17. The number of hydrogen-bond acceptors (Lipinski definition) is 3. The van der Waals surface area contributed by atoms with Crippen LogP contribution in [0.4, 0.5) is 0 Å². The van der Waals surface area contributed by atoms with E-state index in [1.165, 1.54) is 0 Å². The van der Waals surface area contributed by atoms with Gasteiger partial charge in [-0.15, -0.1) is 0 Å². The molecule has 0 saturated carbocycles. The minimum atomic E-state index is -0.332. The predicted molar refractivity (Wildman–Crippen MR) is 83.3 cm³/mol. The summed E-state index contributed by atoms with van der Waals surface area (Å²) in [7, 11) is 0. The van der Waals surface area contributed by atoms with E-state index in [0.717, 1.165) is 24.0 Å². The monoisotopic (exact) mass is 300 g/mol. The lowest BCUT2D eigenvalue weighted by Crippen LogP contribution is -2.38. The van der Waals surface area contributed by atoms with Gasteiger partial charge >= 0.3 is 0 Å². The number of carbonyl (C=O) groups excluding carboxylic acids is 2. The molecule has 1 fully saturated rings. The standard InChI is InChI=1S/C16H20N4O2/c1-12(20-11-18-13-5-2-3-6-14(13)20)16(22)17-8-10-19-9-4-7-15(19)21/h2-3,5-6,11-12H,4,7-10H2,1H3,(H,17,22). The zero-order valence-corrected chi connectivity index (χ0v) is 12.7. The van der Waals surface area contributed by atoms with Crippen molar-refractivity contribution in [3.8, 4) is 0 Å². The van der Waals surface area contributed by atoms with E-state index in [0.29, 0.717) is 19.5 Å². The molecule has 1 unspecified atom stereocenters. The summed E-state index contributed by atoms with van der Waals surface area (Å²) < 4.78 is 1.87. The van der Waals surface area contributed by atoms with Gasteiger partial charge < -0.3 is 14.8 Å². The first-order valence-electron chi connectivity index (χ1n) is 7.64. The molecule has 1 atom stereocenters. The minimum absolute atomic E-state index is 0.0604. The second kappa shape index (κ2) is 6.17. The van der Waals surface area contributed by atoms with Gasteiger partial charge in [-0.3, -0.25) is 9.59 Å². The molecular formula is C16H20N4O2. The van der Waals surface area contributed by atoms with Gasteiger partial charge in [0.1, 0.15) is 6.04 Å². The van der Waals surface area contributed by atoms with Gasteiger partial charge in [0.2, 0.25) is 11.8 Å². The molecule has 1 aliphatic rings. The molecule has 22 heavy (non-hydrogen) atoms. The number of nitrogens with zero attached hydrogens (tertiary/aromatic N) is 3. The number of fused-ring (bicyclic) bond motifs is 1. The van der Waals surface area contributed by atoms with Crippen LogP contribution in [0.15, 0.2) is 30.6 Å². The molecule has 3 rings (SSSR count). The highest BCUT2D eigenvalue weighted by molar-refractivity contribution is 5.83. The van der Waals surface area contributed by atoms with Crippen LogP contribution >= 0.6 is 0 Å². The number of hydrogen-bond donors (Lipinski definition) is 1. The number of para-hydroxylation sites is 2. The van der Waals surface area contributed by atoms with Gasteiger partial charge in [-0.25, -0.2) is 4.98 Å². The number of likely N-dealkylation sites (tertiary alicyclic amines) is 1. The summed E-state index contributed by atoms with van der Waals surface area (Å²) >= 11 is 0. The van der Waals surface area contributed by atoms with E-state index in [-0.39, 0.29) is 17.9 Å². The number of imidazole rings is 1. The lowest BCUT2D eigenvalue weighted by atomic mass is 10.2. The Morgan fingerprint density at radius 1 is 1.41 bits per heavy atom. The predicted octanol–water partition coefficient (Wildman–Crippen LogP) is 1.34. The third-order valence-corrected chi connectivity index (χ3v) is 4.13. The van der Waals surface area contributed by atoms with Crippen molar-refractivity contribution in [1.29, 1.82) is 0 Å². The van der Waals surface area contributed by atoms with Crippen LogP contribution < -0.4 is 5.32 Å². The number of rotatable bonds is 5. The molecule has 1 aliphatic heterocycles. The number of aromatic nitrogens is 2. The Morgan fingerprint density at radius 3 is 3.00 bits per heavy atom. The Balaban J connectivity index is 1.58. The average Bonchev–Trinajstić information content (AvgIpc) is 3.13. The summed E-state index contributed by atoms with van der Waals surface area (Å²) in [4.78, 5) is 29.9. The average molecular weight is 300 g/mol. The lowest BCUT2D eigenvalue weighted by molar-refractivity contribution is -0.128. The van der Waals surface area contributed by atoms with Gasteiger partial charge in [-0.1, -0.05) is 12.1 Å². The van der Waals surface area contributed by atoms with Gasteiger partial charge in [0.05, 0.1) is 17.4 Å². The number of benzene rings is 1. The van der Waals surface area contributed by atoms with Crippen molar-refractivity contribution in [1.82, 2.24) is 19.8 Å². The Kier molecular flexibility index (Phi) is 4.09. The second-order valence-corrected chi connectivity index (χ2v) is 5.59. The van der Waals surface area contributed by atoms with E-state index < -0.39 is 0 Å². The zero-order valence-electron chi connectivity index (χ0n) is 12.7. The first-order valence-corrected chi connectivity index (χ1v) is 7.64. The van der Waals surface area contributed by atoms with Crippen LogP contribution in [0, 0.1) is 0 Å². The quantitative estimate of drug-likeness (QED) is 0.906. The van der Waals surface area contributed by atoms with Crippen LogP contribution in [-0.4, -0.2) is 45.9 Å². The third kappa shape index (κ3) is 2.81. The highest BCUT2D eigenvalue weighted by Gasteiger charge is 2.21. The van der Waals surface area contributed by atoms with Gasteiger partial charge in [0.25, 0.3) is 0 Å². The zero-order chi connectivity index (χ0) is 15.5. The van der Waals surface area contributed by atoms with E-state index >= 15 is 0 Å². The van der Waals surface area contributed by atoms with Crippen molar-refractivity contribution in [2.24, 2.45) is 0 Å². The topological polar surface area (TPSA) is 67.2 Å². The number of nitrogens with one attached hydrogen (secondary N) is 1. The van der Waals surface area contributed by atoms with Crippen molar-refractivity contribution in [3.63, 3.8) is 0 Å². The molecule has 1 saturated heterocycles. The van der Waals surface area contributed by atoms with E-state index in [9.17, 15) is 9.59 Å². The van der Waals surface area contributed by atoms with Crippen molar-refractivity contribution in [2.45, 2.75) is 25.8 Å². The summed E-state index contributed by atoms with van der Waals surface area (Å²) in [6, 6.07) is 7.41. The molecule has 2 heterocycles. The summed E-state index contributed by atoms with van der Waals surface area (Å²) in [5.41, 5.74) is 1.82. The van der Waals surface area contributed by atoms with Crippen LogP contribution in [0.2, 0.25) is 0 Å².